The Balaban J connectivity index is 1.63. The molecule has 152 valence electrons. The van der Waals surface area contributed by atoms with Gasteiger partial charge in [0, 0.05) is 17.2 Å². The van der Waals surface area contributed by atoms with Crippen LogP contribution in [0.25, 0.3) is 5.69 Å². The molecule has 0 amide bonds. The van der Waals surface area contributed by atoms with Gasteiger partial charge in [0.2, 0.25) is 0 Å². The zero-order chi connectivity index (χ0) is 20.5. The van der Waals surface area contributed by atoms with Crippen molar-refractivity contribution in [1.82, 2.24) is 13.9 Å². The summed E-state index contributed by atoms with van der Waals surface area (Å²) in [5.41, 5.74) is 1.19. The molecule has 6 rings (SSSR count). The first-order valence-corrected chi connectivity index (χ1v) is 10.3. The lowest BCUT2D eigenvalue weighted by molar-refractivity contribution is 0.0831. The van der Waals surface area contributed by atoms with Gasteiger partial charge >= 0.3 is 11.4 Å². The highest BCUT2D eigenvalue weighted by Gasteiger charge is 2.50. The number of aromatic nitrogens is 3. The lowest BCUT2D eigenvalue weighted by atomic mass is 9.79. The standard InChI is InChI=1S/C23H21N3O4/c27-16-8-9-17-19(14-16)30-23(11-4-5-12-23)18-10-13-24-21(28)25(15-6-2-1-3-7-15)22(29)26(24)20(17)18/h1-3,6-10,14,20,27H,4-5,11-13H2. The minimum absolute atomic E-state index is 0.122. The summed E-state index contributed by atoms with van der Waals surface area (Å²) in [6.07, 6.45) is 5.88. The molecule has 1 saturated carbocycles. The van der Waals surface area contributed by atoms with Crippen LogP contribution in [0.3, 0.4) is 0 Å². The maximum absolute atomic E-state index is 13.6. The van der Waals surface area contributed by atoms with Gasteiger partial charge in [0.15, 0.2) is 0 Å². The molecule has 1 unspecified atom stereocenters. The highest BCUT2D eigenvalue weighted by molar-refractivity contribution is 5.51. The summed E-state index contributed by atoms with van der Waals surface area (Å²) < 4.78 is 10.8. The molecule has 2 aliphatic heterocycles. The Hall–Kier alpha value is -3.48. The number of benzene rings is 2. The molecule has 0 bridgehead atoms. The molecule has 0 radical (unpaired) electrons. The summed E-state index contributed by atoms with van der Waals surface area (Å²) >= 11 is 0. The third-order valence-corrected chi connectivity index (χ3v) is 6.63. The average Bonchev–Trinajstić information content (AvgIpc) is 3.31. The number of ether oxygens (including phenoxy) is 1. The van der Waals surface area contributed by atoms with Crippen LogP contribution in [-0.4, -0.2) is 24.6 Å². The van der Waals surface area contributed by atoms with Crippen LogP contribution in [0, 0.1) is 0 Å². The normalized spacial score (nSPS) is 20.8. The van der Waals surface area contributed by atoms with Crippen LogP contribution >= 0.6 is 0 Å². The fraction of sp³-hybridized carbons (Fsp3) is 0.304. The summed E-state index contributed by atoms with van der Waals surface area (Å²) in [6, 6.07) is 13.6. The van der Waals surface area contributed by atoms with Gasteiger partial charge in [-0.05, 0) is 49.9 Å². The molecule has 3 aromatic rings. The molecule has 1 fully saturated rings. The number of aromatic hydroxyl groups is 1. The van der Waals surface area contributed by atoms with Gasteiger partial charge in [0.05, 0.1) is 12.2 Å². The van der Waals surface area contributed by atoms with E-state index in [1.807, 2.05) is 18.2 Å². The van der Waals surface area contributed by atoms with Crippen molar-refractivity contribution in [2.45, 2.75) is 43.9 Å². The molecule has 1 atom stereocenters. The van der Waals surface area contributed by atoms with E-state index in [1.165, 1.54) is 9.25 Å². The predicted molar refractivity (Wildman–Crippen MR) is 110 cm³/mol. The molecule has 1 aromatic heterocycles. The number of nitrogens with zero attached hydrogens (tertiary/aromatic N) is 3. The van der Waals surface area contributed by atoms with Crippen molar-refractivity contribution in [2.24, 2.45) is 0 Å². The second-order valence-electron chi connectivity index (χ2n) is 8.25. The first-order chi connectivity index (χ1) is 14.6. The maximum Gasteiger partial charge on any atom is 0.352 e. The minimum atomic E-state index is -0.485. The van der Waals surface area contributed by atoms with Crippen molar-refractivity contribution in [3.05, 3.63) is 86.7 Å². The van der Waals surface area contributed by atoms with E-state index in [0.717, 1.165) is 36.8 Å². The number of fused-ring (bicyclic) bond motifs is 6. The summed E-state index contributed by atoms with van der Waals surface area (Å²) in [6.45, 7) is 0.332. The van der Waals surface area contributed by atoms with Gasteiger partial charge in [-0.1, -0.05) is 24.3 Å². The Morgan fingerprint density at radius 1 is 1.00 bits per heavy atom. The van der Waals surface area contributed by atoms with E-state index in [1.54, 1.807) is 35.0 Å². The molecular formula is C23H21N3O4. The number of phenols is 1. The van der Waals surface area contributed by atoms with E-state index in [2.05, 4.69) is 6.08 Å². The van der Waals surface area contributed by atoms with Crippen LogP contribution in [0.5, 0.6) is 11.5 Å². The van der Waals surface area contributed by atoms with E-state index in [0.29, 0.717) is 18.0 Å². The van der Waals surface area contributed by atoms with Gasteiger partial charge in [-0.2, -0.15) is 0 Å². The van der Waals surface area contributed by atoms with E-state index in [9.17, 15) is 14.7 Å². The van der Waals surface area contributed by atoms with Gasteiger partial charge in [0.25, 0.3) is 0 Å². The first-order valence-electron chi connectivity index (χ1n) is 10.3. The summed E-state index contributed by atoms with van der Waals surface area (Å²) in [7, 11) is 0. The SMILES string of the molecule is O=c1n(-c2ccccc2)c(=O)n2n1CC=C1C2c2ccc(O)cc2OC12CCCC2. The molecule has 3 aliphatic rings. The molecule has 2 aromatic carbocycles. The van der Waals surface area contributed by atoms with Crippen molar-refractivity contribution in [1.29, 1.82) is 0 Å². The lowest BCUT2D eigenvalue weighted by Gasteiger charge is -2.44. The van der Waals surface area contributed by atoms with E-state index < -0.39 is 11.6 Å². The average molecular weight is 403 g/mol. The number of hydrogen-bond acceptors (Lipinski definition) is 4. The van der Waals surface area contributed by atoms with Crippen molar-refractivity contribution in [3.8, 4) is 17.2 Å². The topological polar surface area (TPSA) is 78.4 Å². The minimum Gasteiger partial charge on any atom is -0.508 e. The summed E-state index contributed by atoms with van der Waals surface area (Å²) in [5, 5.41) is 10.0. The molecule has 7 nitrogen and oxygen atoms in total. The Labute approximate surface area is 172 Å². The van der Waals surface area contributed by atoms with Crippen LogP contribution in [0.1, 0.15) is 37.3 Å². The fourth-order valence-corrected chi connectivity index (χ4v) is 5.32. The molecule has 1 spiro atoms. The Bertz CT molecular complexity index is 1310. The monoisotopic (exact) mass is 403 g/mol. The van der Waals surface area contributed by atoms with Gasteiger partial charge in [-0.3, -0.25) is 0 Å². The Morgan fingerprint density at radius 3 is 2.53 bits per heavy atom. The van der Waals surface area contributed by atoms with E-state index in [4.69, 9.17) is 4.74 Å². The largest absolute Gasteiger partial charge is 0.508 e. The molecule has 7 heteroatoms. The Kier molecular flexibility index (Phi) is 3.48. The smallest absolute Gasteiger partial charge is 0.352 e. The predicted octanol–water partition coefficient (Wildman–Crippen LogP) is 2.74. The van der Waals surface area contributed by atoms with Gasteiger partial charge in [0.1, 0.15) is 23.1 Å². The summed E-state index contributed by atoms with van der Waals surface area (Å²) in [4.78, 5) is 26.8. The quantitative estimate of drug-likeness (QED) is 0.634. The number of rotatable bonds is 1. The number of para-hydroxylation sites is 1. The van der Waals surface area contributed by atoms with Crippen molar-refractivity contribution in [3.63, 3.8) is 0 Å². The van der Waals surface area contributed by atoms with Gasteiger partial charge in [-0.15, -0.1) is 0 Å². The molecule has 1 N–H and O–H groups in total. The van der Waals surface area contributed by atoms with E-state index >= 15 is 0 Å². The zero-order valence-electron chi connectivity index (χ0n) is 16.3. The second kappa shape index (κ2) is 6.01. The maximum atomic E-state index is 13.6. The number of hydrogen-bond donors (Lipinski definition) is 1. The third-order valence-electron chi connectivity index (χ3n) is 6.63. The second-order valence-corrected chi connectivity index (χ2v) is 8.25. The van der Waals surface area contributed by atoms with E-state index in [-0.39, 0.29) is 17.1 Å². The van der Waals surface area contributed by atoms with Crippen molar-refractivity contribution < 1.29 is 9.84 Å². The molecule has 0 saturated heterocycles. The molecule has 3 heterocycles. The molecule has 30 heavy (non-hydrogen) atoms. The van der Waals surface area contributed by atoms with Crippen LogP contribution in [0.4, 0.5) is 0 Å². The number of phenolic OH excluding ortho intramolecular Hbond substituents is 1. The van der Waals surface area contributed by atoms with Crippen LogP contribution in [0.2, 0.25) is 0 Å². The van der Waals surface area contributed by atoms with Crippen molar-refractivity contribution in [2.75, 3.05) is 0 Å². The zero-order valence-corrected chi connectivity index (χ0v) is 16.3. The first kappa shape index (κ1) is 17.4. The highest BCUT2D eigenvalue weighted by Crippen LogP contribution is 2.52. The fourth-order valence-electron chi connectivity index (χ4n) is 5.32. The van der Waals surface area contributed by atoms with Crippen LogP contribution in [0.15, 0.2) is 69.8 Å². The lowest BCUT2D eigenvalue weighted by Crippen LogP contribution is -2.48. The van der Waals surface area contributed by atoms with Crippen molar-refractivity contribution >= 4 is 0 Å². The van der Waals surface area contributed by atoms with Gasteiger partial charge < -0.3 is 9.84 Å². The molecule has 1 aliphatic carbocycles. The highest BCUT2D eigenvalue weighted by atomic mass is 16.5. The summed E-state index contributed by atoms with van der Waals surface area (Å²) in [5.74, 6) is 0.705. The number of allylic oxidation sites excluding steroid dienone is 1. The van der Waals surface area contributed by atoms with Gasteiger partial charge in [-0.25, -0.2) is 23.5 Å². The van der Waals surface area contributed by atoms with Crippen LogP contribution in [-0.2, 0) is 6.54 Å². The Morgan fingerprint density at radius 2 is 1.77 bits per heavy atom. The molecular weight excluding hydrogens is 382 g/mol. The van der Waals surface area contributed by atoms with Crippen LogP contribution < -0.4 is 16.1 Å². The third kappa shape index (κ3) is 2.20.